The van der Waals surface area contributed by atoms with Crippen LogP contribution >= 0.6 is 0 Å². The highest BCUT2D eigenvalue weighted by molar-refractivity contribution is 5.88. The SMILES string of the molecule is CCCCCCCCCC(=O)OCCOCCOCCOCCOCCOCCOCCOCCOCCOCCOc1ccc(NC(C)=O)cc1. The molecule has 302 valence electrons. The third-order valence-corrected chi connectivity index (χ3v) is 7.12. The summed E-state index contributed by atoms with van der Waals surface area (Å²) in [5, 5.41) is 2.71. The molecule has 0 saturated carbocycles. The van der Waals surface area contributed by atoms with Gasteiger partial charge in [-0.25, -0.2) is 0 Å². The molecule has 14 heteroatoms. The van der Waals surface area contributed by atoms with E-state index in [1.165, 1.54) is 39.0 Å². The topological polar surface area (TPSA) is 148 Å². The van der Waals surface area contributed by atoms with Gasteiger partial charge in [-0.3, -0.25) is 9.59 Å². The predicted octanol–water partition coefficient (Wildman–Crippen LogP) is 4.86. The fourth-order valence-electron chi connectivity index (χ4n) is 4.43. The summed E-state index contributed by atoms with van der Waals surface area (Å²) in [5.74, 6) is 0.461. The molecule has 0 aliphatic carbocycles. The van der Waals surface area contributed by atoms with E-state index in [1.807, 2.05) is 0 Å². The van der Waals surface area contributed by atoms with Crippen LogP contribution in [0, 0.1) is 0 Å². The van der Waals surface area contributed by atoms with Crippen LogP contribution in [0.1, 0.15) is 65.2 Å². The second kappa shape index (κ2) is 38.3. The molecule has 0 bridgehead atoms. The Hall–Kier alpha value is -2.40. The molecular weight excluding hydrogens is 678 g/mol. The lowest BCUT2D eigenvalue weighted by Crippen LogP contribution is -2.15. The molecule has 0 unspecified atom stereocenters. The van der Waals surface area contributed by atoms with Crippen molar-refractivity contribution in [1.82, 2.24) is 0 Å². The van der Waals surface area contributed by atoms with E-state index in [4.69, 9.17) is 52.1 Å². The first-order valence-corrected chi connectivity index (χ1v) is 19.0. The number of carbonyl (C=O) groups excluding carboxylic acids is 2. The highest BCUT2D eigenvalue weighted by Crippen LogP contribution is 2.15. The molecule has 1 N–H and O–H groups in total. The molecule has 1 aromatic rings. The minimum Gasteiger partial charge on any atom is -0.491 e. The Morgan fingerprint density at radius 2 is 0.808 bits per heavy atom. The minimum absolute atomic E-state index is 0.110. The second-order valence-electron chi connectivity index (χ2n) is 11.7. The average Bonchev–Trinajstić information content (AvgIpc) is 3.14. The van der Waals surface area contributed by atoms with E-state index >= 15 is 0 Å². The Morgan fingerprint density at radius 3 is 1.19 bits per heavy atom. The number of ether oxygens (including phenoxy) is 11. The van der Waals surface area contributed by atoms with Crippen LogP contribution in [0.3, 0.4) is 0 Å². The van der Waals surface area contributed by atoms with Gasteiger partial charge in [-0.1, -0.05) is 45.4 Å². The molecule has 0 spiro atoms. The van der Waals surface area contributed by atoms with Crippen molar-refractivity contribution in [3.8, 4) is 5.75 Å². The van der Waals surface area contributed by atoms with Crippen LogP contribution in [0.2, 0.25) is 0 Å². The summed E-state index contributed by atoms with van der Waals surface area (Å²) in [4.78, 5) is 22.8. The van der Waals surface area contributed by atoms with Gasteiger partial charge in [0.15, 0.2) is 0 Å². The lowest BCUT2D eigenvalue weighted by Gasteiger charge is -2.09. The predicted molar refractivity (Wildman–Crippen MR) is 197 cm³/mol. The van der Waals surface area contributed by atoms with Crippen molar-refractivity contribution < 1.29 is 61.7 Å². The number of anilines is 1. The molecule has 14 nitrogen and oxygen atoms in total. The van der Waals surface area contributed by atoms with E-state index in [9.17, 15) is 9.59 Å². The van der Waals surface area contributed by atoms with Crippen molar-refractivity contribution in [1.29, 1.82) is 0 Å². The Morgan fingerprint density at radius 1 is 0.462 bits per heavy atom. The number of hydrogen-bond donors (Lipinski definition) is 1. The van der Waals surface area contributed by atoms with Crippen molar-refractivity contribution >= 4 is 17.6 Å². The van der Waals surface area contributed by atoms with E-state index < -0.39 is 0 Å². The van der Waals surface area contributed by atoms with Crippen LogP contribution < -0.4 is 10.1 Å². The quantitative estimate of drug-likeness (QED) is 0.0722. The maximum atomic E-state index is 11.7. The van der Waals surface area contributed by atoms with E-state index in [0.717, 1.165) is 18.5 Å². The summed E-state index contributed by atoms with van der Waals surface area (Å²) in [5.41, 5.74) is 0.730. The molecule has 0 radical (unpaired) electrons. The minimum atomic E-state index is -0.144. The van der Waals surface area contributed by atoms with Gasteiger partial charge >= 0.3 is 5.97 Å². The molecular formula is C38H67NO13. The van der Waals surface area contributed by atoms with Crippen LogP contribution in [0.15, 0.2) is 24.3 Å². The summed E-state index contributed by atoms with van der Waals surface area (Å²) in [7, 11) is 0. The number of benzene rings is 1. The molecule has 1 aromatic carbocycles. The van der Waals surface area contributed by atoms with Crippen LogP contribution in [0.25, 0.3) is 0 Å². The van der Waals surface area contributed by atoms with Gasteiger partial charge in [-0.2, -0.15) is 0 Å². The highest BCUT2D eigenvalue weighted by Gasteiger charge is 2.03. The van der Waals surface area contributed by atoms with Gasteiger partial charge in [0.25, 0.3) is 0 Å². The monoisotopic (exact) mass is 745 g/mol. The Balaban J connectivity index is 1.67. The summed E-state index contributed by atoms with van der Waals surface area (Å²) >= 11 is 0. The third-order valence-electron chi connectivity index (χ3n) is 7.12. The van der Waals surface area contributed by atoms with E-state index in [0.29, 0.717) is 138 Å². The lowest BCUT2D eigenvalue weighted by molar-refractivity contribution is -0.145. The van der Waals surface area contributed by atoms with Crippen molar-refractivity contribution in [3.63, 3.8) is 0 Å². The Labute approximate surface area is 311 Å². The van der Waals surface area contributed by atoms with Gasteiger partial charge in [0.1, 0.15) is 19.0 Å². The Kier molecular flexibility index (Phi) is 35.1. The number of esters is 1. The third kappa shape index (κ3) is 34.7. The number of rotatable bonds is 40. The first kappa shape index (κ1) is 47.6. The molecule has 0 aromatic heterocycles. The fourth-order valence-corrected chi connectivity index (χ4v) is 4.43. The molecule has 0 atom stereocenters. The largest absolute Gasteiger partial charge is 0.491 e. The smallest absolute Gasteiger partial charge is 0.305 e. The molecule has 1 rings (SSSR count). The summed E-state index contributed by atoms with van der Waals surface area (Å²) in [6.07, 6.45) is 8.77. The molecule has 52 heavy (non-hydrogen) atoms. The zero-order chi connectivity index (χ0) is 37.4. The van der Waals surface area contributed by atoms with Crippen LogP contribution in [-0.2, 0) is 57.0 Å². The molecule has 1 amide bonds. The van der Waals surface area contributed by atoms with Gasteiger partial charge in [-0.05, 0) is 30.7 Å². The summed E-state index contributed by atoms with van der Waals surface area (Å²) < 4.78 is 60.1. The van der Waals surface area contributed by atoms with E-state index in [1.54, 1.807) is 24.3 Å². The fraction of sp³-hybridized carbons (Fsp3) is 0.789. The standard InChI is InChI=1S/C38H67NO13/c1-3-4-5-6-7-8-9-10-38(41)52-34-32-50-30-28-48-26-24-46-22-20-44-18-16-42-15-17-43-19-21-45-23-25-47-27-29-49-31-33-51-37-13-11-36(12-14-37)39-35(2)40/h11-14H,3-10,15-34H2,1-2H3,(H,39,40). The first-order valence-electron chi connectivity index (χ1n) is 19.0. The summed E-state index contributed by atoms with van der Waals surface area (Å²) in [6, 6.07) is 7.17. The van der Waals surface area contributed by atoms with E-state index in [2.05, 4.69) is 12.2 Å². The molecule has 0 saturated heterocycles. The zero-order valence-corrected chi connectivity index (χ0v) is 31.9. The van der Waals surface area contributed by atoms with Gasteiger partial charge in [0.2, 0.25) is 5.91 Å². The van der Waals surface area contributed by atoms with Crippen LogP contribution in [-0.4, -0.2) is 144 Å². The van der Waals surface area contributed by atoms with Gasteiger partial charge in [-0.15, -0.1) is 0 Å². The first-order chi connectivity index (χ1) is 25.6. The molecule has 0 heterocycles. The zero-order valence-electron chi connectivity index (χ0n) is 31.9. The van der Waals surface area contributed by atoms with E-state index in [-0.39, 0.29) is 18.5 Å². The van der Waals surface area contributed by atoms with Crippen molar-refractivity contribution in [2.24, 2.45) is 0 Å². The van der Waals surface area contributed by atoms with Gasteiger partial charge < -0.3 is 57.4 Å². The molecule has 0 fully saturated rings. The normalized spacial score (nSPS) is 11.2. The van der Waals surface area contributed by atoms with Crippen molar-refractivity contribution in [3.05, 3.63) is 24.3 Å². The van der Waals surface area contributed by atoms with Crippen LogP contribution in [0.4, 0.5) is 5.69 Å². The molecule has 0 aliphatic heterocycles. The number of hydrogen-bond acceptors (Lipinski definition) is 13. The lowest BCUT2D eigenvalue weighted by atomic mass is 10.1. The van der Waals surface area contributed by atoms with Gasteiger partial charge in [0, 0.05) is 19.0 Å². The number of nitrogens with one attached hydrogen (secondary N) is 1. The number of carbonyl (C=O) groups is 2. The maximum Gasteiger partial charge on any atom is 0.305 e. The van der Waals surface area contributed by atoms with Crippen LogP contribution in [0.5, 0.6) is 5.75 Å². The van der Waals surface area contributed by atoms with Crippen molar-refractivity contribution in [2.75, 3.05) is 137 Å². The molecule has 0 aliphatic rings. The number of amides is 1. The average molecular weight is 746 g/mol. The Bertz CT molecular complexity index is 923. The van der Waals surface area contributed by atoms with Crippen molar-refractivity contribution in [2.45, 2.75) is 65.2 Å². The maximum absolute atomic E-state index is 11.7. The van der Waals surface area contributed by atoms with Gasteiger partial charge in [0.05, 0.1) is 119 Å². The summed E-state index contributed by atoms with van der Waals surface area (Å²) in [6.45, 7) is 12.9. The number of unbranched alkanes of at least 4 members (excludes halogenated alkanes) is 6. The highest BCUT2D eigenvalue weighted by atomic mass is 16.6. The second-order valence-corrected chi connectivity index (χ2v) is 11.7.